The minimum atomic E-state index is -0.360. The molecule has 5 rings (SSSR count). The second-order valence-corrected chi connectivity index (χ2v) is 8.06. The molecule has 0 saturated carbocycles. The first-order valence-corrected chi connectivity index (χ1v) is 10.8. The van der Waals surface area contributed by atoms with Gasteiger partial charge in [0.2, 0.25) is 11.7 Å². The van der Waals surface area contributed by atoms with Gasteiger partial charge in [0.25, 0.3) is 0 Å². The number of anilines is 1. The van der Waals surface area contributed by atoms with Crippen molar-refractivity contribution in [3.05, 3.63) is 82.9 Å². The number of rotatable bonds is 5. The lowest BCUT2D eigenvalue weighted by Crippen LogP contribution is -2.28. The van der Waals surface area contributed by atoms with E-state index in [4.69, 9.17) is 21.3 Å². The summed E-state index contributed by atoms with van der Waals surface area (Å²) in [7, 11) is 0. The Morgan fingerprint density at radius 2 is 1.88 bits per heavy atom. The normalized spacial score (nSPS) is 14.6. The number of benzene rings is 2. The number of carbonyl (C=O) groups is 1. The first-order valence-electron chi connectivity index (χ1n) is 10.4. The van der Waals surface area contributed by atoms with Crippen LogP contribution in [0.4, 0.5) is 10.3 Å². The maximum atomic E-state index is 13.6. The molecule has 0 amide bonds. The van der Waals surface area contributed by atoms with Gasteiger partial charge in [-0.3, -0.25) is 9.36 Å². The first kappa shape index (κ1) is 20.6. The fraction of sp³-hybridized carbons (Fsp3) is 0.208. The highest BCUT2D eigenvalue weighted by molar-refractivity contribution is 6.35. The van der Waals surface area contributed by atoms with E-state index < -0.39 is 0 Å². The van der Waals surface area contributed by atoms with Crippen LogP contribution in [0.5, 0.6) is 0 Å². The SMILES string of the molecule is O=C(c1ccccc1Cl)c1cc2cnc(NC3CCOCC3)nc2n1-c1ccc(F)cc1. The van der Waals surface area contributed by atoms with E-state index in [1.165, 1.54) is 12.1 Å². The molecule has 1 saturated heterocycles. The van der Waals surface area contributed by atoms with Crippen molar-refractivity contribution in [2.24, 2.45) is 0 Å². The standard InChI is InChI=1S/C24H20ClFN4O2/c25-20-4-2-1-3-19(20)22(31)21-13-15-14-27-24(28-17-9-11-32-12-10-17)29-23(15)30(21)18-7-5-16(26)6-8-18/h1-8,13-14,17H,9-12H2,(H,27,28,29). The number of halogens is 2. The quantitative estimate of drug-likeness (QED) is 0.432. The largest absolute Gasteiger partial charge is 0.381 e. The van der Waals surface area contributed by atoms with Crippen molar-refractivity contribution in [3.8, 4) is 5.69 Å². The Labute approximate surface area is 189 Å². The second kappa shape index (κ2) is 8.68. The monoisotopic (exact) mass is 450 g/mol. The number of fused-ring (bicyclic) bond motifs is 1. The van der Waals surface area contributed by atoms with Crippen LogP contribution < -0.4 is 5.32 Å². The van der Waals surface area contributed by atoms with Crippen LogP contribution in [0, 0.1) is 5.82 Å². The number of carbonyl (C=O) groups excluding carboxylic acids is 1. The molecule has 3 heterocycles. The molecular weight excluding hydrogens is 431 g/mol. The molecule has 0 spiro atoms. The number of ketones is 1. The highest BCUT2D eigenvalue weighted by atomic mass is 35.5. The number of ether oxygens (including phenoxy) is 1. The highest BCUT2D eigenvalue weighted by Gasteiger charge is 2.22. The van der Waals surface area contributed by atoms with Gasteiger partial charge in [-0.15, -0.1) is 0 Å². The highest BCUT2D eigenvalue weighted by Crippen LogP contribution is 2.28. The van der Waals surface area contributed by atoms with Crippen molar-refractivity contribution in [2.75, 3.05) is 18.5 Å². The summed E-state index contributed by atoms with van der Waals surface area (Å²) in [5.74, 6) is -0.139. The summed E-state index contributed by atoms with van der Waals surface area (Å²) in [6.45, 7) is 1.39. The zero-order valence-electron chi connectivity index (χ0n) is 17.1. The smallest absolute Gasteiger partial charge is 0.224 e. The maximum absolute atomic E-state index is 13.6. The first-order chi connectivity index (χ1) is 15.6. The molecule has 8 heteroatoms. The fourth-order valence-corrected chi connectivity index (χ4v) is 4.11. The Kier molecular flexibility index (Phi) is 5.59. The molecule has 1 fully saturated rings. The predicted molar refractivity (Wildman–Crippen MR) is 121 cm³/mol. The zero-order chi connectivity index (χ0) is 22.1. The third-order valence-corrected chi connectivity index (χ3v) is 5.86. The van der Waals surface area contributed by atoms with E-state index in [1.54, 1.807) is 53.2 Å². The zero-order valence-corrected chi connectivity index (χ0v) is 17.8. The lowest BCUT2D eigenvalue weighted by atomic mass is 10.1. The molecule has 2 aromatic carbocycles. The fourth-order valence-electron chi connectivity index (χ4n) is 3.88. The molecule has 2 aromatic heterocycles. The summed E-state index contributed by atoms with van der Waals surface area (Å²) in [6, 6.07) is 14.8. The van der Waals surface area contributed by atoms with Crippen LogP contribution in [0.3, 0.4) is 0 Å². The minimum absolute atomic E-state index is 0.222. The molecule has 0 unspecified atom stereocenters. The third-order valence-electron chi connectivity index (χ3n) is 5.53. The number of hydrogen-bond donors (Lipinski definition) is 1. The van der Waals surface area contributed by atoms with Gasteiger partial charge < -0.3 is 10.1 Å². The Hall–Kier alpha value is -3.29. The third kappa shape index (κ3) is 3.97. The molecular formula is C24H20ClFN4O2. The molecule has 0 bridgehead atoms. The van der Waals surface area contributed by atoms with Crippen molar-refractivity contribution in [2.45, 2.75) is 18.9 Å². The van der Waals surface area contributed by atoms with E-state index in [0.717, 1.165) is 12.8 Å². The summed E-state index contributed by atoms with van der Waals surface area (Å²) in [4.78, 5) is 22.6. The lowest BCUT2D eigenvalue weighted by molar-refractivity contribution is 0.0903. The van der Waals surface area contributed by atoms with E-state index >= 15 is 0 Å². The van der Waals surface area contributed by atoms with Crippen LogP contribution in [0.2, 0.25) is 5.02 Å². The Bertz CT molecular complexity index is 1280. The Morgan fingerprint density at radius 3 is 2.62 bits per heavy atom. The molecule has 1 aliphatic rings. The molecule has 0 aliphatic carbocycles. The van der Waals surface area contributed by atoms with Gasteiger partial charge in [-0.25, -0.2) is 9.37 Å². The van der Waals surface area contributed by atoms with Gasteiger partial charge in [0.1, 0.15) is 5.82 Å². The van der Waals surface area contributed by atoms with Crippen LogP contribution in [0.25, 0.3) is 16.7 Å². The average molecular weight is 451 g/mol. The van der Waals surface area contributed by atoms with E-state index in [-0.39, 0.29) is 17.6 Å². The predicted octanol–water partition coefficient (Wildman–Crippen LogP) is 5.03. The van der Waals surface area contributed by atoms with Crippen LogP contribution in [-0.2, 0) is 4.74 Å². The molecule has 1 aliphatic heterocycles. The molecule has 0 atom stereocenters. The number of nitrogens with one attached hydrogen (secondary N) is 1. The summed E-state index contributed by atoms with van der Waals surface area (Å²) in [5.41, 5.74) is 1.93. The van der Waals surface area contributed by atoms with Crippen molar-refractivity contribution >= 4 is 34.4 Å². The molecule has 1 N–H and O–H groups in total. The molecule has 6 nitrogen and oxygen atoms in total. The lowest BCUT2D eigenvalue weighted by Gasteiger charge is -2.23. The Balaban J connectivity index is 1.64. The van der Waals surface area contributed by atoms with Gasteiger partial charge in [-0.05, 0) is 55.3 Å². The number of aromatic nitrogens is 3. The maximum Gasteiger partial charge on any atom is 0.224 e. The van der Waals surface area contributed by atoms with Gasteiger partial charge in [0.05, 0.1) is 10.7 Å². The van der Waals surface area contributed by atoms with Crippen LogP contribution in [-0.4, -0.2) is 39.6 Å². The molecule has 32 heavy (non-hydrogen) atoms. The number of nitrogens with zero attached hydrogens (tertiary/aromatic N) is 3. The summed E-state index contributed by atoms with van der Waals surface area (Å²) in [6.07, 6.45) is 3.43. The molecule has 0 radical (unpaired) electrons. The van der Waals surface area contributed by atoms with Gasteiger partial charge in [-0.1, -0.05) is 23.7 Å². The summed E-state index contributed by atoms with van der Waals surface area (Å²) >= 11 is 6.29. The van der Waals surface area contributed by atoms with Crippen molar-refractivity contribution in [1.29, 1.82) is 0 Å². The molecule has 4 aromatic rings. The summed E-state index contributed by atoms with van der Waals surface area (Å²) < 4.78 is 20.7. The van der Waals surface area contributed by atoms with Gasteiger partial charge in [0, 0.05) is 42.1 Å². The van der Waals surface area contributed by atoms with Crippen molar-refractivity contribution in [1.82, 2.24) is 14.5 Å². The van der Waals surface area contributed by atoms with Crippen LogP contribution in [0.15, 0.2) is 60.8 Å². The topological polar surface area (TPSA) is 69.0 Å². The van der Waals surface area contributed by atoms with E-state index in [2.05, 4.69) is 10.3 Å². The van der Waals surface area contributed by atoms with Gasteiger partial charge >= 0.3 is 0 Å². The second-order valence-electron chi connectivity index (χ2n) is 7.65. The van der Waals surface area contributed by atoms with Gasteiger partial charge in [0.15, 0.2) is 5.65 Å². The van der Waals surface area contributed by atoms with E-state index in [0.29, 0.717) is 52.2 Å². The van der Waals surface area contributed by atoms with E-state index in [1.807, 2.05) is 0 Å². The Morgan fingerprint density at radius 1 is 1.12 bits per heavy atom. The van der Waals surface area contributed by atoms with E-state index in [9.17, 15) is 9.18 Å². The summed E-state index contributed by atoms with van der Waals surface area (Å²) in [5, 5.41) is 4.42. The number of hydrogen-bond acceptors (Lipinski definition) is 5. The average Bonchev–Trinajstić information content (AvgIpc) is 3.19. The van der Waals surface area contributed by atoms with Crippen LogP contribution >= 0.6 is 11.6 Å². The minimum Gasteiger partial charge on any atom is -0.381 e. The van der Waals surface area contributed by atoms with Crippen LogP contribution in [0.1, 0.15) is 28.9 Å². The van der Waals surface area contributed by atoms with Crippen molar-refractivity contribution < 1.29 is 13.9 Å². The van der Waals surface area contributed by atoms with Crippen molar-refractivity contribution in [3.63, 3.8) is 0 Å². The van der Waals surface area contributed by atoms with Gasteiger partial charge in [-0.2, -0.15) is 4.98 Å². The molecule has 162 valence electrons.